The molecule has 5 heteroatoms. The number of hydrogen-bond donors (Lipinski definition) is 2. The SMILES string of the molecule is C/C=C/C(=O)C(O)(CC(=O)O)C[N+](C)(C)C. The number of aliphatic carboxylic acids is 1. The van der Waals surface area contributed by atoms with Gasteiger partial charge >= 0.3 is 5.97 Å². The summed E-state index contributed by atoms with van der Waals surface area (Å²) < 4.78 is 0.313. The highest BCUT2D eigenvalue weighted by Gasteiger charge is 2.41. The Morgan fingerprint density at radius 3 is 2.12 bits per heavy atom. The molecule has 1 atom stereocenters. The van der Waals surface area contributed by atoms with Crippen LogP contribution >= 0.6 is 0 Å². The van der Waals surface area contributed by atoms with Gasteiger partial charge in [0.25, 0.3) is 0 Å². The van der Waals surface area contributed by atoms with Crippen LogP contribution < -0.4 is 0 Å². The lowest BCUT2D eigenvalue weighted by molar-refractivity contribution is -0.875. The minimum absolute atomic E-state index is 0.0580. The average molecular weight is 230 g/mol. The number of ketones is 1. The monoisotopic (exact) mass is 230 g/mol. The van der Waals surface area contributed by atoms with Crippen molar-refractivity contribution in [1.29, 1.82) is 0 Å². The molecule has 5 nitrogen and oxygen atoms in total. The first-order chi connectivity index (χ1) is 7.10. The number of hydrogen-bond acceptors (Lipinski definition) is 3. The lowest BCUT2D eigenvalue weighted by Gasteiger charge is -2.33. The number of carbonyl (C=O) groups is 2. The first-order valence-electron chi connectivity index (χ1n) is 5.02. The molecule has 0 saturated heterocycles. The van der Waals surface area contributed by atoms with E-state index in [0.717, 1.165) is 0 Å². The van der Waals surface area contributed by atoms with Crippen molar-refractivity contribution < 1.29 is 24.3 Å². The Kier molecular flexibility index (Phi) is 4.83. The number of quaternary nitrogens is 1. The van der Waals surface area contributed by atoms with Crippen molar-refractivity contribution >= 4 is 11.8 Å². The molecule has 0 aliphatic carbocycles. The molecule has 92 valence electrons. The van der Waals surface area contributed by atoms with E-state index < -0.39 is 23.8 Å². The molecule has 0 saturated carbocycles. The molecule has 0 fully saturated rings. The number of aliphatic hydroxyl groups is 1. The Balaban J connectivity index is 5.02. The fourth-order valence-electron chi connectivity index (χ4n) is 1.56. The first kappa shape index (κ1) is 14.8. The van der Waals surface area contributed by atoms with E-state index in [1.165, 1.54) is 12.2 Å². The van der Waals surface area contributed by atoms with Gasteiger partial charge in [-0.2, -0.15) is 0 Å². The van der Waals surface area contributed by atoms with Gasteiger partial charge in [-0.1, -0.05) is 6.08 Å². The van der Waals surface area contributed by atoms with Crippen LogP contribution in [0.3, 0.4) is 0 Å². The second-order valence-corrected chi connectivity index (χ2v) is 4.91. The quantitative estimate of drug-likeness (QED) is 0.499. The highest BCUT2D eigenvalue weighted by Crippen LogP contribution is 2.16. The van der Waals surface area contributed by atoms with Gasteiger partial charge in [0.05, 0.1) is 27.6 Å². The third-order valence-electron chi connectivity index (χ3n) is 1.96. The summed E-state index contributed by atoms with van der Waals surface area (Å²) in [5.74, 6) is -1.75. The summed E-state index contributed by atoms with van der Waals surface area (Å²) in [4.78, 5) is 22.3. The molecule has 0 amide bonds. The predicted molar refractivity (Wildman–Crippen MR) is 59.9 cm³/mol. The van der Waals surface area contributed by atoms with Gasteiger partial charge in [0.1, 0.15) is 6.54 Å². The summed E-state index contributed by atoms with van der Waals surface area (Å²) in [5.41, 5.74) is -1.84. The van der Waals surface area contributed by atoms with Gasteiger partial charge in [0.2, 0.25) is 0 Å². The third-order valence-corrected chi connectivity index (χ3v) is 1.96. The second-order valence-electron chi connectivity index (χ2n) is 4.91. The number of rotatable bonds is 6. The molecule has 0 heterocycles. The van der Waals surface area contributed by atoms with Crippen molar-refractivity contribution in [3.05, 3.63) is 12.2 Å². The lowest BCUT2D eigenvalue weighted by Crippen LogP contribution is -2.54. The number of allylic oxidation sites excluding steroid dienone is 1. The minimum atomic E-state index is -1.84. The molecule has 0 radical (unpaired) electrons. The predicted octanol–water partition coefficient (Wildman–Crippen LogP) is 0.0436. The van der Waals surface area contributed by atoms with Crippen molar-refractivity contribution in [1.82, 2.24) is 0 Å². The molecule has 0 aliphatic heterocycles. The van der Waals surface area contributed by atoms with Gasteiger partial charge in [-0.25, -0.2) is 0 Å². The standard InChI is InChI=1S/C11H19NO4/c1-5-6-9(13)11(16,7-10(14)15)8-12(2,3)4/h5-6,16H,7-8H2,1-4H3/p+1/b6-5+. The molecule has 0 bridgehead atoms. The van der Waals surface area contributed by atoms with Crippen molar-refractivity contribution in [3.8, 4) is 0 Å². The van der Waals surface area contributed by atoms with Gasteiger partial charge < -0.3 is 14.7 Å². The zero-order valence-corrected chi connectivity index (χ0v) is 10.2. The van der Waals surface area contributed by atoms with Gasteiger partial charge in [0, 0.05) is 0 Å². The molecule has 1 unspecified atom stereocenters. The van der Waals surface area contributed by atoms with E-state index in [1.54, 1.807) is 28.1 Å². The van der Waals surface area contributed by atoms with Crippen LogP contribution in [0.15, 0.2) is 12.2 Å². The normalized spacial score (nSPS) is 16.1. The van der Waals surface area contributed by atoms with Crippen LogP contribution in [0.1, 0.15) is 13.3 Å². The van der Waals surface area contributed by atoms with E-state index >= 15 is 0 Å². The van der Waals surface area contributed by atoms with E-state index in [0.29, 0.717) is 4.48 Å². The molecule has 0 aromatic rings. The molecular formula is C11H20NO4+. The molecule has 0 spiro atoms. The maximum atomic E-state index is 11.7. The maximum absolute atomic E-state index is 11.7. The smallest absolute Gasteiger partial charge is 0.307 e. The topological polar surface area (TPSA) is 74.6 Å². The maximum Gasteiger partial charge on any atom is 0.307 e. The summed E-state index contributed by atoms with van der Waals surface area (Å²) in [6.45, 7) is 1.70. The van der Waals surface area contributed by atoms with Gasteiger partial charge in [-0.05, 0) is 13.0 Å². The molecule has 0 aromatic heterocycles. The van der Waals surface area contributed by atoms with E-state index in [1.807, 2.05) is 0 Å². The van der Waals surface area contributed by atoms with Crippen LogP contribution in [0.4, 0.5) is 0 Å². The average Bonchev–Trinajstić information content (AvgIpc) is 1.98. The Labute approximate surface area is 95.6 Å². The molecule has 0 aliphatic rings. The van der Waals surface area contributed by atoms with E-state index in [-0.39, 0.29) is 6.54 Å². The Bertz CT molecular complexity index is 304. The minimum Gasteiger partial charge on any atom is -0.481 e. The van der Waals surface area contributed by atoms with E-state index in [4.69, 9.17) is 5.11 Å². The lowest BCUT2D eigenvalue weighted by atomic mass is 9.92. The molecule has 0 aromatic carbocycles. The van der Waals surface area contributed by atoms with Crippen LogP contribution in [-0.2, 0) is 9.59 Å². The van der Waals surface area contributed by atoms with Crippen LogP contribution in [0.25, 0.3) is 0 Å². The van der Waals surface area contributed by atoms with Crippen LogP contribution in [0.2, 0.25) is 0 Å². The van der Waals surface area contributed by atoms with Crippen molar-refractivity contribution in [3.63, 3.8) is 0 Å². The van der Waals surface area contributed by atoms with Crippen LogP contribution in [0.5, 0.6) is 0 Å². The highest BCUT2D eigenvalue weighted by atomic mass is 16.4. The third kappa shape index (κ3) is 5.04. The van der Waals surface area contributed by atoms with Gasteiger partial charge in [-0.15, -0.1) is 0 Å². The molecule has 16 heavy (non-hydrogen) atoms. The summed E-state index contributed by atoms with van der Waals surface area (Å²) in [6.07, 6.45) is 2.12. The number of nitrogens with zero attached hydrogens (tertiary/aromatic N) is 1. The fourth-order valence-corrected chi connectivity index (χ4v) is 1.56. The zero-order chi connectivity index (χ0) is 13.0. The summed E-state index contributed by atoms with van der Waals surface area (Å²) in [5, 5.41) is 18.8. The van der Waals surface area contributed by atoms with Gasteiger partial charge in [0.15, 0.2) is 11.4 Å². The Morgan fingerprint density at radius 1 is 1.31 bits per heavy atom. The Hall–Kier alpha value is -1.20. The van der Waals surface area contributed by atoms with Crippen molar-refractivity contribution in [2.75, 3.05) is 27.7 Å². The number of likely N-dealkylation sites (N-methyl/N-ethyl adjacent to an activating group) is 1. The second kappa shape index (κ2) is 5.23. The highest BCUT2D eigenvalue weighted by molar-refractivity contribution is 5.99. The molecule has 0 rings (SSSR count). The van der Waals surface area contributed by atoms with Gasteiger partial charge in [-0.3, -0.25) is 9.59 Å². The fraction of sp³-hybridized carbons (Fsp3) is 0.636. The van der Waals surface area contributed by atoms with Crippen LogP contribution in [0, 0.1) is 0 Å². The zero-order valence-electron chi connectivity index (χ0n) is 10.2. The van der Waals surface area contributed by atoms with Crippen molar-refractivity contribution in [2.24, 2.45) is 0 Å². The number of carboxylic acid groups (broad SMARTS) is 1. The molecule has 2 N–H and O–H groups in total. The van der Waals surface area contributed by atoms with Crippen LogP contribution in [-0.4, -0.2) is 59.7 Å². The Morgan fingerprint density at radius 2 is 1.81 bits per heavy atom. The largest absolute Gasteiger partial charge is 0.481 e. The number of carboxylic acids is 1. The van der Waals surface area contributed by atoms with E-state index in [9.17, 15) is 14.7 Å². The van der Waals surface area contributed by atoms with E-state index in [2.05, 4.69) is 0 Å². The molecular weight excluding hydrogens is 210 g/mol. The van der Waals surface area contributed by atoms with Crippen molar-refractivity contribution in [2.45, 2.75) is 18.9 Å². The first-order valence-corrected chi connectivity index (χ1v) is 5.02. The number of carbonyl (C=O) groups excluding carboxylic acids is 1. The summed E-state index contributed by atoms with van der Waals surface area (Å²) in [6, 6.07) is 0. The summed E-state index contributed by atoms with van der Waals surface area (Å²) >= 11 is 0. The summed E-state index contributed by atoms with van der Waals surface area (Å²) in [7, 11) is 5.36.